The zero-order valence-electron chi connectivity index (χ0n) is 14.4. The van der Waals surface area contributed by atoms with E-state index in [1.807, 2.05) is 0 Å². The molecule has 2 atom stereocenters. The summed E-state index contributed by atoms with van der Waals surface area (Å²) in [5.74, 6) is 1.66. The minimum absolute atomic E-state index is 0.0282. The van der Waals surface area contributed by atoms with Gasteiger partial charge in [0.1, 0.15) is 11.4 Å². The largest absolute Gasteiger partial charge is 0.496 e. The van der Waals surface area contributed by atoms with Crippen LogP contribution in [0.15, 0.2) is 0 Å². The fourth-order valence-corrected chi connectivity index (χ4v) is 4.40. The Morgan fingerprint density at radius 2 is 1.96 bits per heavy atom. The van der Waals surface area contributed by atoms with Gasteiger partial charge in [-0.15, -0.1) is 0 Å². The summed E-state index contributed by atoms with van der Waals surface area (Å²) in [4.78, 5) is 4.87. The maximum atomic E-state index is 6.38. The molecule has 2 aliphatic heterocycles. The van der Waals surface area contributed by atoms with Crippen LogP contribution in [0.1, 0.15) is 49.9 Å². The SMILES string of the molecule is COc1c2c(nc3c1CCC1OC(C)(C)CCC31OC)OCC2. The van der Waals surface area contributed by atoms with Crippen molar-refractivity contribution in [3.05, 3.63) is 16.8 Å². The van der Waals surface area contributed by atoms with E-state index in [4.69, 9.17) is 23.9 Å². The normalized spacial score (nSPS) is 30.9. The molecule has 1 aromatic rings. The summed E-state index contributed by atoms with van der Waals surface area (Å²) < 4.78 is 23.9. The zero-order valence-corrected chi connectivity index (χ0v) is 14.4. The van der Waals surface area contributed by atoms with Gasteiger partial charge in [0.2, 0.25) is 5.88 Å². The topological polar surface area (TPSA) is 49.8 Å². The summed E-state index contributed by atoms with van der Waals surface area (Å²) in [7, 11) is 3.51. The van der Waals surface area contributed by atoms with Crippen LogP contribution in [0.2, 0.25) is 0 Å². The molecular weight excluding hydrogens is 294 g/mol. The van der Waals surface area contributed by atoms with Gasteiger partial charge in [-0.2, -0.15) is 0 Å². The van der Waals surface area contributed by atoms with E-state index in [2.05, 4.69) is 13.8 Å². The zero-order chi connectivity index (χ0) is 16.2. The first-order valence-corrected chi connectivity index (χ1v) is 8.47. The molecule has 0 spiro atoms. The summed E-state index contributed by atoms with van der Waals surface area (Å²) in [5, 5.41) is 0. The number of hydrogen-bond acceptors (Lipinski definition) is 5. The van der Waals surface area contributed by atoms with Gasteiger partial charge in [-0.1, -0.05) is 0 Å². The van der Waals surface area contributed by atoms with E-state index < -0.39 is 5.60 Å². The molecule has 126 valence electrons. The lowest BCUT2D eigenvalue weighted by Crippen LogP contribution is -2.55. The molecule has 4 rings (SSSR count). The van der Waals surface area contributed by atoms with E-state index in [9.17, 15) is 0 Å². The summed E-state index contributed by atoms with van der Waals surface area (Å²) >= 11 is 0. The van der Waals surface area contributed by atoms with Crippen LogP contribution < -0.4 is 9.47 Å². The quantitative estimate of drug-likeness (QED) is 0.839. The van der Waals surface area contributed by atoms with E-state index in [0.29, 0.717) is 12.5 Å². The lowest BCUT2D eigenvalue weighted by Gasteiger charge is -2.51. The summed E-state index contributed by atoms with van der Waals surface area (Å²) in [6.45, 7) is 4.98. The van der Waals surface area contributed by atoms with Crippen LogP contribution in [0.4, 0.5) is 0 Å². The molecule has 0 saturated carbocycles. The van der Waals surface area contributed by atoms with Gasteiger partial charge in [-0.3, -0.25) is 0 Å². The predicted molar refractivity (Wildman–Crippen MR) is 85.2 cm³/mol. The molecule has 1 fully saturated rings. The average Bonchev–Trinajstić information content (AvgIpc) is 3.00. The van der Waals surface area contributed by atoms with E-state index in [1.54, 1.807) is 14.2 Å². The lowest BCUT2D eigenvalue weighted by molar-refractivity contribution is -0.230. The third kappa shape index (κ3) is 2.09. The Balaban J connectivity index is 1.88. The molecule has 1 aliphatic carbocycles. The minimum Gasteiger partial charge on any atom is -0.496 e. The van der Waals surface area contributed by atoms with Gasteiger partial charge < -0.3 is 18.9 Å². The van der Waals surface area contributed by atoms with Gasteiger partial charge in [0.15, 0.2) is 0 Å². The lowest BCUT2D eigenvalue weighted by atomic mass is 9.72. The van der Waals surface area contributed by atoms with Gasteiger partial charge in [-0.25, -0.2) is 4.98 Å². The first kappa shape index (κ1) is 15.2. The van der Waals surface area contributed by atoms with E-state index in [1.165, 1.54) is 5.56 Å². The van der Waals surface area contributed by atoms with Crippen LogP contribution >= 0.6 is 0 Å². The monoisotopic (exact) mass is 319 g/mol. The third-order valence-electron chi connectivity index (χ3n) is 5.60. The van der Waals surface area contributed by atoms with Crippen molar-refractivity contribution in [1.29, 1.82) is 0 Å². The van der Waals surface area contributed by atoms with Gasteiger partial charge >= 0.3 is 0 Å². The Kier molecular flexibility index (Phi) is 3.36. The number of nitrogens with zero attached hydrogens (tertiary/aromatic N) is 1. The number of aromatic nitrogens is 1. The van der Waals surface area contributed by atoms with Crippen molar-refractivity contribution >= 4 is 0 Å². The highest BCUT2D eigenvalue weighted by Gasteiger charge is 2.53. The number of ether oxygens (including phenoxy) is 4. The van der Waals surface area contributed by atoms with Crippen molar-refractivity contribution < 1.29 is 18.9 Å². The van der Waals surface area contributed by atoms with Gasteiger partial charge in [0, 0.05) is 19.1 Å². The predicted octanol–water partition coefficient (Wildman–Crippen LogP) is 2.77. The van der Waals surface area contributed by atoms with Crippen LogP contribution in [0.3, 0.4) is 0 Å². The highest BCUT2D eigenvalue weighted by atomic mass is 16.6. The molecule has 5 heteroatoms. The Labute approximate surface area is 137 Å². The molecule has 3 aliphatic rings. The van der Waals surface area contributed by atoms with Crippen molar-refractivity contribution in [2.75, 3.05) is 20.8 Å². The number of pyridine rings is 1. The van der Waals surface area contributed by atoms with Gasteiger partial charge in [0.25, 0.3) is 0 Å². The standard InChI is InChI=1S/C18H25NO4/c1-17(2)8-9-18(21-4)13(23-17)6-5-11-14(20-3)12-7-10-22-16(12)19-15(11)18/h13H,5-10H2,1-4H3. The van der Waals surface area contributed by atoms with Gasteiger partial charge in [-0.05, 0) is 39.5 Å². The van der Waals surface area contributed by atoms with Gasteiger partial charge in [0.05, 0.1) is 36.7 Å². The smallest absolute Gasteiger partial charge is 0.220 e. The average molecular weight is 319 g/mol. The highest BCUT2D eigenvalue weighted by molar-refractivity contribution is 5.53. The molecule has 2 unspecified atom stereocenters. The Hall–Kier alpha value is -1.33. The summed E-state index contributed by atoms with van der Waals surface area (Å²) in [5.41, 5.74) is 2.65. The fourth-order valence-electron chi connectivity index (χ4n) is 4.40. The highest BCUT2D eigenvalue weighted by Crippen LogP contribution is 2.52. The second-order valence-electron chi connectivity index (χ2n) is 7.35. The van der Waals surface area contributed by atoms with E-state index >= 15 is 0 Å². The van der Waals surface area contributed by atoms with Crippen molar-refractivity contribution in [3.8, 4) is 11.6 Å². The molecule has 0 radical (unpaired) electrons. The molecular formula is C18H25NO4. The maximum Gasteiger partial charge on any atom is 0.220 e. The third-order valence-corrected chi connectivity index (χ3v) is 5.60. The van der Waals surface area contributed by atoms with Crippen molar-refractivity contribution in [2.45, 2.75) is 63.3 Å². The van der Waals surface area contributed by atoms with Crippen molar-refractivity contribution in [2.24, 2.45) is 0 Å². The molecule has 5 nitrogen and oxygen atoms in total. The van der Waals surface area contributed by atoms with Crippen LogP contribution in [0.5, 0.6) is 11.6 Å². The molecule has 1 aromatic heterocycles. The first-order chi connectivity index (χ1) is 11.0. The Bertz CT molecular complexity index is 642. The van der Waals surface area contributed by atoms with E-state index in [0.717, 1.165) is 49.1 Å². The van der Waals surface area contributed by atoms with Crippen molar-refractivity contribution in [1.82, 2.24) is 4.98 Å². The van der Waals surface area contributed by atoms with Crippen LogP contribution in [-0.4, -0.2) is 37.5 Å². The molecule has 0 amide bonds. The maximum absolute atomic E-state index is 6.38. The van der Waals surface area contributed by atoms with Crippen LogP contribution in [-0.2, 0) is 27.9 Å². The Morgan fingerprint density at radius 3 is 2.70 bits per heavy atom. The number of hydrogen-bond donors (Lipinski definition) is 0. The minimum atomic E-state index is -0.489. The van der Waals surface area contributed by atoms with Crippen LogP contribution in [0, 0.1) is 0 Å². The summed E-state index contributed by atoms with van der Waals surface area (Å²) in [6.07, 6.45) is 4.58. The fraction of sp³-hybridized carbons (Fsp3) is 0.722. The Morgan fingerprint density at radius 1 is 1.13 bits per heavy atom. The number of methoxy groups -OCH3 is 2. The molecule has 0 bridgehead atoms. The number of fused-ring (bicyclic) bond motifs is 4. The van der Waals surface area contributed by atoms with Crippen LogP contribution in [0.25, 0.3) is 0 Å². The number of rotatable bonds is 2. The molecule has 23 heavy (non-hydrogen) atoms. The van der Waals surface area contributed by atoms with E-state index in [-0.39, 0.29) is 11.7 Å². The summed E-state index contributed by atoms with van der Waals surface area (Å²) in [6, 6.07) is 0. The second-order valence-corrected chi connectivity index (χ2v) is 7.35. The first-order valence-electron chi connectivity index (χ1n) is 8.47. The molecule has 1 saturated heterocycles. The molecule has 0 aromatic carbocycles. The van der Waals surface area contributed by atoms with Crippen molar-refractivity contribution in [3.63, 3.8) is 0 Å². The second kappa shape index (κ2) is 5.08. The molecule has 0 N–H and O–H groups in total. The molecule has 3 heterocycles.